The normalized spacial score (nSPS) is 11.6. The lowest BCUT2D eigenvalue weighted by molar-refractivity contribution is -0.111. The molecule has 0 aliphatic rings. The summed E-state index contributed by atoms with van der Waals surface area (Å²) in [6, 6.07) is 11.5. The van der Waals surface area contributed by atoms with Crippen molar-refractivity contribution in [2.45, 2.75) is 4.90 Å². The van der Waals surface area contributed by atoms with Crippen LogP contribution in [0.3, 0.4) is 0 Å². The molecule has 2 rings (SSSR count). The minimum Gasteiger partial charge on any atom is -0.323 e. The van der Waals surface area contributed by atoms with Crippen molar-refractivity contribution in [3.8, 4) is 0 Å². The number of carbonyl (C=O) groups is 1. The third-order valence-electron chi connectivity index (χ3n) is 3.00. The predicted molar refractivity (Wildman–Crippen MR) is 86.8 cm³/mol. The first-order chi connectivity index (χ1) is 10.9. The first-order valence-electron chi connectivity index (χ1n) is 6.69. The highest BCUT2D eigenvalue weighted by molar-refractivity contribution is 7.89. The second-order valence-corrected chi connectivity index (χ2v) is 6.49. The fourth-order valence-electron chi connectivity index (χ4n) is 1.77. The molecule has 2 aromatic carbocycles. The fourth-order valence-corrected chi connectivity index (χ4v) is 2.50. The standard InChI is InChI=1S/C16H15FN2O3S/c1-18-23(21,22)15-9-2-12(3-10-15)4-11-16(20)19-14-7-5-13(17)6-8-14/h2-11,18H,1H3,(H,19,20)/b11-4+. The summed E-state index contributed by atoms with van der Waals surface area (Å²) in [5, 5.41) is 2.59. The second-order valence-electron chi connectivity index (χ2n) is 4.61. The number of halogens is 1. The molecule has 7 heteroatoms. The first-order valence-corrected chi connectivity index (χ1v) is 8.17. The molecule has 0 heterocycles. The number of amides is 1. The Balaban J connectivity index is 2.02. The van der Waals surface area contributed by atoms with Gasteiger partial charge in [0.25, 0.3) is 0 Å². The lowest BCUT2D eigenvalue weighted by Gasteiger charge is -2.03. The van der Waals surface area contributed by atoms with E-state index in [0.717, 1.165) is 0 Å². The molecule has 0 saturated heterocycles. The Bertz CT molecular complexity index is 813. The number of benzene rings is 2. The molecular formula is C16H15FN2O3S. The van der Waals surface area contributed by atoms with Crippen LogP contribution in [0.15, 0.2) is 59.5 Å². The van der Waals surface area contributed by atoms with Gasteiger partial charge >= 0.3 is 0 Å². The zero-order valence-corrected chi connectivity index (χ0v) is 13.1. The van der Waals surface area contributed by atoms with Crippen LogP contribution in [0.4, 0.5) is 10.1 Å². The van der Waals surface area contributed by atoms with Gasteiger partial charge in [-0.05, 0) is 55.1 Å². The van der Waals surface area contributed by atoms with E-state index in [1.807, 2.05) is 0 Å². The van der Waals surface area contributed by atoms with Crippen LogP contribution < -0.4 is 10.0 Å². The van der Waals surface area contributed by atoms with Crippen molar-refractivity contribution in [3.05, 3.63) is 66.0 Å². The zero-order chi connectivity index (χ0) is 16.9. The van der Waals surface area contributed by atoms with Crippen molar-refractivity contribution in [2.75, 3.05) is 12.4 Å². The van der Waals surface area contributed by atoms with E-state index in [-0.39, 0.29) is 16.6 Å². The number of nitrogens with one attached hydrogen (secondary N) is 2. The maximum atomic E-state index is 12.8. The van der Waals surface area contributed by atoms with Gasteiger partial charge in [0.1, 0.15) is 5.82 Å². The monoisotopic (exact) mass is 334 g/mol. The number of hydrogen-bond acceptors (Lipinski definition) is 3. The zero-order valence-electron chi connectivity index (χ0n) is 12.3. The van der Waals surface area contributed by atoms with Gasteiger partial charge in [0.2, 0.25) is 15.9 Å². The van der Waals surface area contributed by atoms with E-state index in [0.29, 0.717) is 11.3 Å². The molecule has 1 amide bonds. The van der Waals surface area contributed by atoms with E-state index in [4.69, 9.17) is 0 Å². The summed E-state index contributed by atoms with van der Waals surface area (Å²) in [5.41, 5.74) is 1.16. The Kier molecular flexibility index (Phi) is 5.25. The summed E-state index contributed by atoms with van der Waals surface area (Å²) in [5.74, 6) is -0.751. The first kappa shape index (κ1) is 16.9. The van der Waals surface area contributed by atoms with Gasteiger partial charge in [-0.2, -0.15) is 0 Å². The van der Waals surface area contributed by atoms with E-state index < -0.39 is 10.0 Å². The molecule has 0 aliphatic heterocycles. The lowest BCUT2D eigenvalue weighted by atomic mass is 10.2. The fraction of sp³-hybridized carbons (Fsp3) is 0.0625. The Labute approximate surface area is 133 Å². The molecule has 0 aliphatic carbocycles. The van der Waals surface area contributed by atoms with Crippen molar-refractivity contribution in [1.29, 1.82) is 0 Å². The lowest BCUT2D eigenvalue weighted by Crippen LogP contribution is -2.18. The average molecular weight is 334 g/mol. The molecule has 0 bridgehead atoms. The third kappa shape index (κ3) is 4.73. The molecule has 0 spiro atoms. The molecule has 2 aromatic rings. The summed E-state index contributed by atoms with van der Waals surface area (Å²) in [4.78, 5) is 11.9. The van der Waals surface area contributed by atoms with E-state index in [1.54, 1.807) is 18.2 Å². The van der Waals surface area contributed by atoms with Crippen LogP contribution in [0.25, 0.3) is 6.08 Å². The molecule has 0 fully saturated rings. The number of carbonyl (C=O) groups excluding carboxylic acids is 1. The molecule has 0 atom stereocenters. The summed E-state index contributed by atoms with van der Waals surface area (Å²) in [7, 11) is -2.14. The Morgan fingerprint density at radius 1 is 1.04 bits per heavy atom. The molecule has 0 saturated carbocycles. The average Bonchev–Trinajstić information content (AvgIpc) is 2.55. The molecule has 2 N–H and O–H groups in total. The van der Waals surface area contributed by atoms with Crippen LogP contribution in [0.2, 0.25) is 0 Å². The van der Waals surface area contributed by atoms with E-state index >= 15 is 0 Å². The van der Waals surface area contributed by atoms with E-state index in [1.165, 1.54) is 49.5 Å². The van der Waals surface area contributed by atoms with Gasteiger partial charge in [-0.25, -0.2) is 17.5 Å². The van der Waals surface area contributed by atoms with Crippen LogP contribution in [0.5, 0.6) is 0 Å². The molecule has 120 valence electrons. The highest BCUT2D eigenvalue weighted by atomic mass is 32.2. The number of rotatable bonds is 5. The van der Waals surface area contributed by atoms with Crippen LogP contribution in [-0.2, 0) is 14.8 Å². The van der Waals surface area contributed by atoms with Gasteiger partial charge in [-0.3, -0.25) is 4.79 Å². The number of hydrogen-bond donors (Lipinski definition) is 2. The van der Waals surface area contributed by atoms with Crippen molar-refractivity contribution in [2.24, 2.45) is 0 Å². The minimum absolute atomic E-state index is 0.146. The van der Waals surface area contributed by atoms with Gasteiger partial charge in [0.05, 0.1) is 4.90 Å². The molecule has 0 aromatic heterocycles. The number of anilines is 1. The van der Waals surface area contributed by atoms with Crippen molar-refractivity contribution in [1.82, 2.24) is 4.72 Å². The minimum atomic E-state index is -3.47. The SMILES string of the molecule is CNS(=O)(=O)c1ccc(/C=C/C(=O)Nc2ccc(F)cc2)cc1. The third-order valence-corrected chi connectivity index (χ3v) is 4.43. The maximum Gasteiger partial charge on any atom is 0.248 e. The van der Waals surface area contributed by atoms with Crippen LogP contribution in [0.1, 0.15) is 5.56 Å². The van der Waals surface area contributed by atoms with Crippen molar-refractivity contribution < 1.29 is 17.6 Å². The van der Waals surface area contributed by atoms with E-state index in [2.05, 4.69) is 10.0 Å². The van der Waals surface area contributed by atoms with Crippen molar-refractivity contribution in [3.63, 3.8) is 0 Å². The smallest absolute Gasteiger partial charge is 0.248 e. The molecule has 0 radical (unpaired) electrons. The quantitative estimate of drug-likeness (QED) is 0.825. The predicted octanol–water partition coefficient (Wildman–Crippen LogP) is 2.39. The van der Waals surface area contributed by atoms with Crippen LogP contribution >= 0.6 is 0 Å². The van der Waals surface area contributed by atoms with Crippen LogP contribution in [0, 0.1) is 5.82 Å². The largest absolute Gasteiger partial charge is 0.323 e. The summed E-state index contributed by atoms with van der Waals surface area (Å²) < 4.78 is 38.2. The van der Waals surface area contributed by atoms with Gasteiger partial charge in [-0.1, -0.05) is 12.1 Å². The highest BCUT2D eigenvalue weighted by Gasteiger charge is 2.09. The molecule has 0 unspecified atom stereocenters. The van der Waals surface area contributed by atoms with Gasteiger partial charge in [-0.15, -0.1) is 0 Å². The molecular weight excluding hydrogens is 319 g/mol. The van der Waals surface area contributed by atoms with Crippen LogP contribution in [-0.4, -0.2) is 21.4 Å². The van der Waals surface area contributed by atoms with Gasteiger partial charge in [0.15, 0.2) is 0 Å². The van der Waals surface area contributed by atoms with Gasteiger partial charge in [0, 0.05) is 11.8 Å². The van der Waals surface area contributed by atoms with Crippen molar-refractivity contribution >= 4 is 27.7 Å². The maximum absolute atomic E-state index is 12.8. The Morgan fingerprint density at radius 2 is 1.65 bits per heavy atom. The second kappa shape index (κ2) is 7.17. The Hall–Kier alpha value is -2.51. The van der Waals surface area contributed by atoms with Gasteiger partial charge < -0.3 is 5.32 Å². The summed E-state index contributed by atoms with van der Waals surface area (Å²) in [6.45, 7) is 0. The molecule has 5 nitrogen and oxygen atoms in total. The highest BCUT2D eigenvalue weighted by Crippen LogP contribution is 2.12. The topological polar surface area (TPSA) is 75.3 Å². The van der Waals surface area contributed by atoms with E-state index in [9.17, 15) is 17.6 Å². The number of sulfonamides is 1. The summed E-state index contributed by atoms with van der Waals surface area (Å²) in [6.07, 6.45) is 2.86. The Morgan fingerprint density at radius 3 is 2.22 bits per heavy atom. The molecule has 23 heavy (non-hydrogen) atoms. The summed E-state index contributed by atoms with van der Waals surface area (Å²) >= 11 is 0.